The number of hydrogen-bond donors (Lipinski definition) is 1. The van der Waals surface area contributed by atoms with Gasteiger partial charge in [-0.1, -0.05) is 0 Å². The second-order valence-corrected chi connectivity index (χ2v) is 8.99. The van der Waals surface area contributed by atoms with Crippen LogP contribution in [-0.2, 0) is 19.9 Å². The van der Waals surface area contributed by atoms with Crippen LogP contribution < -0.4 is 5.73 Å². The van der Waals surface area contributed by atoms with Gasteiger partial charge in [0.1, 0.15) is 11.0 Å². The van der Waals surface area contributed by atoms with Crippen LogP contribution in [0, 0.1) is 11.3 Å². The van der Waals surface area contributed by atoms with Gasteiger partial charge in [-0.3, -0.25) is 0 Å². The number of benzene rings is 1. The number of sulfone groups is 1. The second-order valence-electron chi connectivity index (χ2n) is 4.78. The van der Waals surface area contributed by atoms with Crippen LogP contribution in [0.3, 0.4) is 0 Å². The van der Waals surface area contributed by atoms with Gasteiger partial charge in [0.2, 0.25) is 10.0 Å². The van der Waals surface area contributed by atoms with Gasteiger partial charge in [0.05, 0.1) is 17.1 Å². The summed E-state index contributed by atoms with van der Waals surface area (Å²) < 4.78 is 49.4. The summed E-state index contributed by atoms with van der Waals surface area (Å²) in [7, 11) is -7.11. The third kappa shape index (κ3) is 3.34. The number of anilines is 1. The van der Waals surface area contributed by atoms with E-state index >= 15 is 0 Å². The Morgan fingerprint density at radius 1 is 1.24 bits per heavy atom. The van der Waals surface area contributed by atoms with Gasteiger partial charge in [-0.2, -0.15) is 9.57 Å². The van der Waals surface area contributed by atoms with Crippen molar-refractivity contribution in [2.45, 2.75) is 11.3 Å². The number of nitrogens with zero attached hydrogens (tertiary/aromatic N) is 2. The van der Waals surface area contributed by atoms with Gasteiger partial charge < -0.3 is 5.73 Å². The molecule has 7 nitrogen and oxygen atoms in total. The average molecular weight is 329 g/mol. The molecule has 0 radical (unpaired) electrons. The minimum Gasteiger partial charge on any atom is -0.399 e. The first kappa shape index (κ1) is 15.8. The zero-order valence-corrected chi connectivity index (χ0v) is 12.8. The number of rotatable bonds is 2. The zero-order chi connectivity index (χ0) is 15.7. The largest absolute Gasteiger partial charge is 0.399 e. The van der Waals surface area contributed by atoms with E-state index in [4.69, 9.17) is 11.0 Å². The van der Waals surface area contributed by atoms with Gasteiger partial charge >= 0.3 is 0 Å². The van der Waals surface area contributed by atoms with E-state index in [1.807, 2.05) is 6.07 Å². The molecule has 1 heterocycles. The predicted molar refractivity (Wildman–Crippen MR) is 77.6 cm³/mol. The Morgan fingerprint density at radius 3 is 2.62 bits per heavy atom. The van der Waals surface area contributed by atoms with Crippen molar-refractivity contribution in [3.63, 3.8) is 0 Å². The summed E-state index contributed by atoms with van der Waals surface area (Å²) >= 11 is 0. The van der Waals surface area contributed by atoms with E-state index < -0.39 is 19.9 Å². The molecular formula is C12H15N3O4S2. The maximum absolute atomic E-state index is 12.6. The molecule has 0 aliphatic carbocycles. The van der Waals surface area contributed by atoms with Crippen molar-refractivity contribution in [3.05, 3.63) is 23.8 Å². The van der Waals surface area contributed by atoms with Gasteiger partial charge in [-0.05, 0) is 24.6 Å². The lowest BCUT2D eigenvalue weighted by Crippen LogP contribution is -2.34. The fourth-order valence-corrected chi connectivity index (χ4v) is 5.14. The van der Waals surface area contributed by atoms with E-state index in [2.05, 4.69) is 0 Å². The third-order valence-corrected chi connectivity index (χ3v) is 6.93. The van der Waals surface area contributed by atoms with Crippen LogP contribution >= 0.6 is 0 Å². The van der Waals surface area contributed by atoms with E-state index in [0.717, 1.165) is 4.31 Å². The Morgan fingerprint density at radius 2 is 1.95 bits per heavy atom. The highest BCUT2D eigenvalue weighted by molar-refractivity contribution is 7.91. The van der Waals surface area contributed by atoms with E-state index in [-0.39, 0.29) is 41.5 Å². The lowest BCUT2D eigenvalue weighted by molar-refractivity contribution is 0.434. The molecule has 2 rings (SSSR count). The van der Waals surface area contributed by atoms with Crippen molar-refractivity contribution in [2.75, 3.05) is 30.3 Å². The number of nitrogens with two attached hydrogens (primary N) is 1. The predicted octanol–water partition coefficient (Wildman–Crippen LogP) is -0.0503. The van der Waals surface area contributed by atoms with Gasteiger partial charge in [0.25, 0.3) is 0 Å². The van der Waals surface area contributed by atoms with Gasteiger partial charge in [-0.25, -0.2) is 16.8 Å². The molecule has 2 N–H and O–H groups in total. The highest BCUT2D eigenvalue weighted by atomic mass is 32.2. The van der Waals surface area contributed by atoms with Crippen molar-refractivity contribution in [1.29, 1.82) is 5.26 Å². The lowest BCUT2D eigenvalue weighted by Gasteiger charge is -2.20. The monoisotopic (exact) mass is 329 g/mol. The molecule has 1 aliphatic rings. The first-order valence-electron chi connectivity index (χ1n) is 6.26. The van der Waals surface area contributed by atoms with Crippen molar-refractivity contribution < 1.29 is 16.8 Å². The Bertz CT molecular complexity index is 794. The quantitative estimate of drug-likeness (QED) is 0.759. The highest BCUT2D eigenvalue weighted by Gasteiger charge is 2.30. The van der Waals surface area contributed by atoms with Crippen LogP contribution in [0.2, 0.25) is 0 Å². The highest BCUT2D eigenvalue weighted by Crippen LogP contribution is 2.23. The summed E-state index contributed by atoms with van der Waals surface area (Å²) in [6.07, 6.45) is 0.248. The average Bonchev–Trinajstić information content (AvgIpc) is 2.59. The molecule has 0 bridgehead atoms. The second kappa shape index (κ2) is 5.63. The van der Waals surface area contributed by atoms with E-state index in [1.54, 1.807) is 0 Å². The topological polar surface area (TPSA) is 121 Å². The fraction of sp³-hybridized carbons (Fsp3) is 0.417. The molecule has 1 aromatic rings. The lowest BCUT2D eigenvalue weighted by atomic mass is 10.2. The van der Waals surface area contributed by atoms with Gasteiger partial charge in [0, 0.05) is 18.8 Å². The van der Waals surface area contributed by atoms with E-state index in [1.165, 1.54) is 18.2 Å². The molecule has 1 saturated heterocycles. The van der Waals surface area contributed by atoms with Crippen molar-refractivity contribution in [3.8, 4) is 6.07 Å². The molecule has 0 unspecified atom stereocenters. The van der Waals surface area contributed by atoms with E-state index in [9.17, 15) is 16.8 Å². The molecule has 0 saturated carbocycles. The molecule has 1 fully saturated rings. The van der Waals surface area contributed by atoms with E-state index in [0.29, 0.717) is 5.69 Å². The Hall–Kier alpha value is -1.63. The van der Waals surface area contributed by atoms with Gasteiger partial charge in [0.15, 0.2) is 9.84 Å². The van der Waals surface area contributed by atoms with Crippen molar-refractivity contribution in [2.24, 2.45) is 0 Å². The number of nitrogen functional groups attached to an aromatic ring is 1. The molecule has 1 aliphatic heterocycles. The van der Waals surface area contributed by atoms with Crippen LogP contribution in [-0.4, -0.2) is 45.7 Å². The normalized spacial score (nSPS) is 19.6. The summed E-state index contributed by atoms with van der Waals surface area (Å²) in [6, 6.07) is 5.79. The van der Waals surface area contributed by atoms with Crippen LogP contribution in [0.15, 0.2) is 23.1 Å². The summed E-state index contributed by atoms with van der Waals surface area (Å²) in [5.74, 6) is -0.227. The summed E-state index contributed by atoms with van der Waals surface area (Å²) in [4.78, 5) is -0.140. The smallest absolute Gasteiger partial charge is 0.244 e. The first-order valence-corrected chi connectivity index (χ1v) is 9.52. The maximum Gasteiger partial charge on any atom is 0.244 e. The van der Waals surface area contributed by atoms with Gasteiger partial charge in [-0.15, -0.1) is 0 Å². The van der Waals surface area contributed by atoms with Crippen LogP contribution in [0.25, 0.3) is 0 Å². The standard InChI is InChI=1S/C12H15N3O4S2/c13-9-10-8-11(14)2-3-12(10)21(18,19)15-4-1-6-20(16,17)7-5-15/h2-3,8H,1,4-7,14H2. The number of sulfonamides is 1. The SMILES string of the molecule is N#Cc1cc(N)ccc1S(=O)(=O)N1CCCS(=O)(=O)CC1. The van der Waals surface area contributed by atoms with Crippen LogP contribution in [0.1, 0.15) is 12.0 Å². The number of hydrogen-bond acceptors (Lipinski definition) is 6. The maximum atomic E-state index is 12.6. The Balaban J connectivity index is 2.41. The molecule has 1 aromatic carbocycles. The molecule has 0 atom stereocenters. The molecule has 0 spiro atoms. The summed E-state index contributed by atoms with van der Waals surface area (Å²) in [6.45, 7) is 0.0245. The van der Waals surface area contributed by atoms with Crippen LogP contribution in [0.5, 0.6) is 0 Å². The summed E-state index contributed by atoms with van der Waals surface area (Å²) in [5.41, 5.74) is 5.80. The minimum absolute atomic E-state index is 0.0220. The molecule has 21 heavy (non-hydrogen) atoms. The fourth-order valence-electron chi connectivity index (χ4n) is 2.15. The molecular weight excluding hydrogens is 314 g/mol. The van der Waals surface area contributed by atoms with Crippen molar-refractivity contribution >= 4 is 25.5 Å². The summed E-state index contributed by atoms with van der Waals surface area (Å²) in [5, 5.41) is 9.06. The molecule has 0 aromatic heterocycles. The molecule has 114 valence electrons. The molecule has 0 amide bonds. The zero-order valence-electron chi connectivity index (χ0n) is 11.2. The molecule has 9 heteroatoms. The van der Waals surface area contributed by atoms with Crippen LogP contribution in [0.4, 0.5) is 5.69 Å². The number of nitriles is 1. The van der Waals surface area contributed by atoms with Crippen molar-refractivity contribution in [1.82, 2.24) is 4.31 Å². The third-order valence-electron chi connectivity index (χ3n) is 3.26. The Kier molecular flexibility index (Phi) is 4.22. The Labute approximate surface area is 123 Å². The minimum atomic E-state index is -3.90. The first-order chi connectivity index (χ1) is 9.76.